The molecule has 186 valence electrons. The SMILES string of the molecule is CN(CC(=O)N1CCC[C@H]1C(=O)N[C@@H](CCCN=C(N)N)C(=O)O)C(=O)OCc1ccccc1. The van der Waals surface area contributed by atoms with Crippen LogP contribution in [0.2, 0.25) is 0 Å². The van der Waals surface area contributed by atoms with Crippen molar-refractivity contribution in [2.24, 2.45) is 16.5 Å². The number of amides is 3. The molecule has 6 N–H and O–H groups in total. The number of rotatable bonds is 11. The fourth-order valence-corrected chi connectivity index (χ4v) is 3.55. The largest absolute Gasteiger partial charge is 0.480 e. The number of carboxylic acids is 1. The number of carbonyl (C=O) groups excluding carboxylic acids is 3. The highest BCUT2D eigenvalue weighted by atomic mass is 16.6. The summed E-state index contributed by atoms with van der Waals surface area (Å²) < 4.78 is 5.22. The highest BCUT2D eigenvalue weighted by Crippen LogP contribution is 2.18. The number of nitrogens with two attached hydrogens (primary N) is 2. The predicted octanol–water partition coefficient (Wildman–Crippen LogP) is -0.131. The molecule has 0 spiro atoms. The monoisotopic (exact) mass is 476 g/mol. The van der Waals surface area contributed by atoms with E-state index >= 15 is 0 Å². The van der Waals surface area contributed by atoms with Crippen LogP contribution in [-0.2, 0) is 25.7 Å². The average Bonchev–Trinajstić information content (AvgIpc) is 3.30. The van der Waals surface area contributed by atoms with Crippen LogP contribution in [-0.4, -0.2) is 83.5 Å². The van der Waals surface area contributed by atoms with Gasteiger partial charge >= 0.3 is 12.1 Å². The lowest BCUT2D eigenvalue weighted by Gasteiger charge is -2.27. The molecular formula is C22H32N6O6. The second-order valence-corrected chi connectivity index (χ2v) is 7.99. The van der Waals surface area contributed by atoms with Crippen molar-refractivity contribution in [2.45, 2.75) is 44.4 Å². The quantitative estimate of drug-likeness (QED) is 0.193. The first kappa shape index (κ1) is 26.4. The van der Waals surface area contributed by atoms with Crippen molar-refractivity contribution in [3.05, 3.63) is 35.9 Å². The van der Waals surface area contributed by atoms with Gasteiger partial charge in [-0.05, 0) is 31.2 Å². The number of carboxylic acid groups (broad SMARTS) is 1. The number of nitrogens with zero attached hydrogens (tertiary/aromatic N) is 3. The molecule has 34 heavy (non-hydrogen) atoms. The minimum atomic E-state index is -1.19. The lowest BCUT2D eigenvalue weighted by atomic mass is 10.1. The van der Waals surface area contributed by atoms with Crippen molar-refractivity contribution in [1.29, 1.82) is 0 Å². The summed E-state index contributed by atoms with van der Waals surface area (Å²) in [5.74, 6) is -2.24. The summed E-state index contributed by atoms with van der Waals surface area (Å²) >= 11 is 0. The standard InChI is InChI=1S/C22H32N6O6/c1-27(22(33)34-14-15-7-3-2-4-8-15)13-18(29)28-12-6-10-17(28)19(30)26-16(20(31)32)9-5-11-25-21(23)24/h2-4,7-8,16-17H,5-6,9-14H2,1H3,(H,26,30)(H,31,32)(H4,23,24,25)/t16-,17-/m0/s1. The summed E-state index contributed by atoms with van der Waals surface area (Å²) in [4.78, 5) is 55.6. The van der Waals surface area contributed by atoms with E-state index in [2.05, 4.69) is 10.3 Å². The van der Waals surface area contributed by atoms with E-state index in [9.17, 15) is 24.3 Å². The molecule has 0 aliphatic carbocycles. The van der Waals surface area contributed by atoms with Gasteiger partial charge in [-0.3, -0.25) is 14.6 Å². The van der Waals surface area contributed by atoms with Crippen LogP contribution in [0.4, 0.5) is 4.79 Å². The van der Waals surface area contributed by atoms with Crippen LogP contribution in [0.15, 0.2) is 35.3 Å². The van der Waals surface area contributed by atoms with Crippen LogP contribution in [0.5, 0.6) is 0 Å². The fourth-order valence-electron chi connectivity index (χ4n) is 3.55. The molecule has 1 aliphatic rings. The van der Waals surface area contributed by atoms with E-state index in [1.165, 1.54) is 11.9 Å². The Hall–Kier alpha value is -3.83. The molecule has 12 nitrogen and oxygen atoms in total. The lowest BCUT2D eigenvalue weighted by molar-refractivity contribution is -0.144. The minimum Gasteiger partial charge on any atom is -0.480 e. The molecule has 0 saturated carbocycles. The molecular weight excluding hydrogens is 444 g/mol. The molecule has 1 saturated heterocycles. The number of likely N-dealkylation sites (tertiary alicyclic amines) is 1. The Morgan fingerprint density at radius 2 is 1.97 bits per heavy atom. The predicted molar refractivity (Wildman–Crippen MR) is 123 cm³/mol. The van der Waals surface area contributed by atoms with Gasteiger partial charge in [0.15, 0.2) is 5.96 Å². The Labute approximate surface area is 197 Å². The zero-order valence-electron chi connectivity index (χ0n) is 19.2. The number of benzene rings is 1. The third-order valence-corrected chi connectivity index (χ3v) is 5.32. The zero-order chi connectivity index (χ0) is 25.1. The van der Waals surface area contributed by atoms with E-state index in [4.69, 9.17) is 16.2 Å². The summed E-state index contributed by atoms with van der Waals surface area (Å²) in [7, 11) is 1.44. The van der Waals surface area contributed by atoms with Crippen molar-refractivity contribution in [1.82, 2.24) is 15.1 Å². The highest BCUT2D eigenvalue weighted by molar-refractivity contribution is 5.92. The summed E-state index contributed by atoms with van der Waals surface area (Å²) in [6.45, 7) is 0.389. The van der Waals surface area contributed by atoms with Crippen LogP contribution in [0.3, 0.4) is 0 Å². The van der Waals surface area contributed by atoms with E-state index in [1.54, 1.807) is 0 Å². The van der Waals surface area contributed by atoms with Gasteiger partial charge in [0, 0.05) is 20.1 Å². The van der Waals surface area contributed by atoms with E-state index in [0.717, 1.165) is 10.5 Å². The number of nitrogens with one attached hydrogen (secondary N) is 1. The Morgan fingerprint density at radius 1 is 1.26 bits per heavy atom. The van der Waals surface area contributed by atoms with Gasteiger partial charge in [-0.1, -0.05) is 30.3 Å². The van der Waals surface area contributed by atoms with Gasteiger partial charge in [-0.15, -0.1) is 0 Å². The molecule has 1 aromatic carbocycles. The Kier molecular flexibility index (Phi) is 10.1. The average molecular weight is 477 g/mol. The Bertz CT molecular complexity index is 889. The lowest BCUT2D eigenvalue weighted by Crippen LogP contribution is -2.52. The number of likely N-dealkylation sites (N-methyl/N-ethyl adjacent to an activating group) is 1. The molecule has 1 aliphatic heterocycles. The van der Waals surface area contributed by atoms with Gasteiger partial charge in [0.25, 0.3) is 0 Å². The van der Waals surface area contributed by atoms with Crippen LogP contribution < -0.4 is 16.8 Å². The number of carbonyl (C=O) groups is 4. The van der Waals surface area contributed by atoms with Gasteiger partial charge in [0.05, 0.1) is 0 Å². The van der Waals surface area contributed by atoms with E-state index < -0.39 is 36.0 Å². The summed E-state index contributed by atoms with van der Waals surface area (Å²) in [5.41, 5.74) is 11.3. The van der Waals surface area contributed by atoms with Gasteiger partial charge in [-0.2, -0.15) is 0 Å². The van der Waals surface area contributed by atoms with Crippen molar-refractivity contribution in [3.63, 3.8) is 0 Å². The first-order valence-electron chi connectivity index (χ1n) is 11.0. The number of hydrogen-bond acceptors (Lipinski definition) is 6. The van der Waals surface area contributed by atoms with Gasteiger partial charge in [0.2, 0.25) is 11.8 Å². The third-order valence-electron chi connectivity index (χ3n) is 5.32. The van der Waals surface area contributed by atoms with Crippen LogP contribution in [0, 0.1) is 0 Å². The number of hydrogen-bond donors (Lipinski definition) is 4. The topological polar surface area (TPSA) is 181 Å². The first-order chi connectivity index (χ1) is 16.2. The molecule has 2 atom stereocenters. The van der Waals surface area contributed by atoms with Gasteiger partial charge < -0.3 is 36.4 Å². The maximum absolute atomic E-state index is 12.8. The molecule has 0 bridgehead atoms. The normalized spacial score (nSPS) is 15.8. The number of guanidine groups is 1. The summed E-state index contributed by atoms with van der Waals surface area (Å²) in [5, 5.41) is 11.9. The first-order valence-corrected chi connectivity index (χ1v) is 11.0. The zero-order valence-corrected chi connectivity index (χ0v) is 19.2. The number of aliphatic imine (C=N–C) groups is 1. The third kappa shape index (κ3) is 8.26. The van der Waals surface area contributed by atoms with Crippen LogP contribution >= 0.6 is 0 Å². The van der Waals surface area contributed by atoms with E-state index in [0.29, 0.717) is 25.8 Å². The molecule has 0 radical (unpaired) electrons. The second kappa shape index (κ2) is 13.0. The van der Waals surface area contributed by atoms with E-state index in [1.807, 2.05) is 30.3 Å². The summed E-state index contributed by atoms with van der Waals surface area (Å²) in [6.07, 6.45) is 0.824. The maximum atomic E-state index is 12.8. The van der Waals surface area contributed by atoms with E-state index in [-0.39, 0.29) is 32.1 Å². The van der Waals surface area contributed by atoms with Crippen molar-refractivity contribution in [2.75, 3.05) is 26.7 Å². The molecule has 1 heterocycles. The van der Waals surface area contributed by atoms with Crippen LogP contribution in [0.25, 0.3) is 0 Å². The van der Waals surface area contributed by atoms with Crippen molar-refractivity contribution in [3.8, 4) is 0 Å². The molecule has 2 rings (SSSR count). The van der Waals surface area contributed by atoms with Crippen LogP contribution in [0.1, 0.15) is 31.2 Å². The number of ether oxygens (including phenoxy) is 1. The smallest absolute Gasteiger partial charge is 0.410 e. The highest BCUT2D eigenvalue weighted by Gasteiger charge is 2.36. The summed E-state index contributed by atoms with van der Waals surface area (Å²) in [6, 6.07) is 7.20. The maximum Gasteiger partial charge on any atom is 0.410 e. The Morgan fingerprint density at radius 3 is 2.62 bits per heavy atom. The van der Waals surface area contributed by atoms with Gasteiger partial charge in [-0.25, -0.2) is 9.59 Å². The molecule has 0 unspecified atom stereocenters. The minimum absolute atomic E-state index is 0.0761. The molecule has 1 fully saturated rings. The van der Waals surface area contributed by atoms with Crippen molar-refractivity contribution < 1.29 is 29.0 Å². The molecule has 3 amide bonds. The molecule has 0 aromatic heterocycles. The van der Waals surface area contributed by atoms with Gasteiger partial charge in [0.1, 0.15) is 25.2 Å². The molecule has 1 aromatic rings. The molecule has 12 heteroatoms. The second-order valence-electron chi connectivity index (χ2n) is 7.99. The fraction of sp³-hybridized carbons (Fsp3) is 0.500. The number of aliphatic carboxylic acids is 1. The Balaban J connectivity index is 1.87. The van der Waals surface area contributed by atoms with Crippen molar-refractivity contribution >= 4 is 29.8 Å².